The number of hydrogen-bond acceptors (Lipinski definition) is 2. The van der Waals surface area contributed by atoms with Gasteiger partial charge in [-0.05, 0) is 37.5 Å². The third-order valence-electron chi connectivity index (χ3n) is 3.21. The maximum absolute atomic E-state index is 11.3. The molecule has 1 aliphatic carbocycles. The Labute approximate surface area is 117 Å². The molecule has 0 aliphatic heterocycles. The van der Waals surface area contributed by atoms with Crippen molar-refractivity contribution in [3.63, 3.8) is 0 Å². The van der Waals surface area contributed by atoms with Crippen molar-refractivity contribution in [2.75, 3.05) is 13.3 Å². The second-order valence-corrected chi connectivity index (χ2v) is 6.26. The van der Waals surface area contributed by atoms with Gasteiger partial charge in [0.15, 0.2) is 5.96 Å². The Bertz CT molecular complexity index is 480. The van der Waals surface area contributed by atoms with Gasteiger partial charge < -0.3 is 10.6 Å². The molecule has 2 N–H and O–H groups in total. The molecule has 2 unspecified atom stereocenters. The van der Waals surface area contributed by atoms with Crippen molar-refractivity contribution in [2.24, 2.45) is 4.99 Å². The molecule has 0 heterocycles. The van der Waals surface area contributed by atoms with Crippen LogP contribution in [0, 0.1) is 0 Å². The zero-order valence-electron chi connectivity index (χ0n) is 11.6. The van der Waals surface area contributed by atoms with E-state index in [0.717, 1.165) is 16.4 Å². The number of aliphatic imine (C=N–C) groups is 1. The van der Waals surface area contributed by atoms with Gasteiger partial charge in [-0.25, -0.2) is 0 Å². The van der Waals surface area contributed by atoms with Crippen LogP contribution in [0.2, 0.25) is 0 Å². The van der Waals surface area contributed by atoms with Crippen molar-refractivity contribution >= 4 is 16.8 Å². The predicted octanol–water partition coefficient (Wildman–Crippen LogP) is 1.81. The van der Waals surface area contributed by atoms with E-state index in [-0.39, 0.29) is 6.04 Å². The van der Waals surface area contributed by atoms with Gasteiger partial charge in [-0.2, -0.15) is 0 Å². The molecule has 0 spiro atoms. The lowest BCUT2D eigenvalue weighted by Crippen LogP contribution is -2.39. The number of hydrogen-bond donors (Lipinski definition) is 2. The molecule has 1 fully saturated rings. The monoisotopic (exact) mass is 279 g/mol. The zero-order valence-corrected chi connectivity index (χ0v) is 12.5. The average molecular weight is 279 g/mol. The fourth-order valence-electron chi connectivity index (χ4n) is 1.83. The minimum Gasteiger partial charge on any atom is -0.354 e. The topological polar surface area (TPSA) is 53.5 Å². The summed E-state index contributed by atoms with van der Waals surface area (Å²) in [6.07, 6.45) is 4.15. The van der Waals surface area contributed by atoms with Crippen LogP contribution in [0.5, 0.6) is 0 Å². The summed E-state index contributed by atoms with van der Waals surface area (Å²) >= 11 is 0. The molecule has 0 radical (unpaired) electrons. The van der Waals surface area contributed by atoms with E-state index >= 15 is 0 Å². The first-order valence-electron chi connectivity index (χ1n) is 6.53. The number of rotatable bonds is 4. The smallest absolute Gasteiger partial charge is 0.191 e. The molecule has 1 aromatic rings. The van der Waals surface area contributed by atoms with Gasteiger partial charge in [0.2, 0.25) is 0 Å². The minimum atomic E-state index is -0.919. The number of nitrogens with zero attached hydrogens (tertiary/aromatic N) is 1. The van der Waals surface area contributed by atoms with Crippen LogP contribution in [0.3, 0.4) is 0 Å². The molecular weight excluding hydrogens is 258 g/mol. The van der Waals surface area contributed by atoms with E-state index in [9.17, 15) is 4.21 Å². The highest BCUT2D eigenvalue weighted by atomic mass is 32.2. The van der Waals surface area contributed by atoms with Gasteiger partial charge >= 0.3 is 0 Å². The third kappa shape index (κ3) is 4.06. The number of guanidine groups is 1. The van der Waals surface area contributed by atoms with Gasteiger partial charge in [0.1, 0.15) is 0 Å². The van der Waals surface area contributed by atoms with Crippen LogP contribution in [0.4, 0.5) is 0 Å². The first-order chi connectivity index (χ1) is 9.10. The van der Waals surface area contributed by atoms with Crippen molar-refractivity contribution in [3.05, 3.63) is 29.8 Å². The highest BCUT2D eigenvalue weighted by Crippen LogP contribution is 2.19. The fourth-order valence-corrected chi connectivity index (χ4v) is 2.35. The molecule has 1 saturated carbocycles. The van der Waals surface area contributed by atoms with Crippen LogP contribution < -0.4 is 10.6 Å². The molecule has 5 heteroatoms. The lowest BCUT2D eigenvalue weighted by Gasteiger charge is -2.18. The van der Waals surface area contributed by atoms with E-state index in [0.29, 0.717) is 6.04 Å². The molecule has 2 atom stereocenters. The molecule has 0 aromatic heterocycles. The van der Waals surface area contributed by atoms with Crippen LogP contribution in [-0.2, 0) is 10.8 Å². The Balaban J connectivity index is 1.97. The lowest BCUT2D eigenvalue weighted by atomic mass is 10.1. The minimum absolute atomic E-state index is 0.171. The van der Waals surface area contributed by atoms with E-state index in [1.165, 1.54) is 12.8 Å². The highest BCUT2D eigenvalue weighted by molar-refractivity contribution is 7.84. The molecule has 0 bridgehead atoms. The van der Waals surface area contributed by atoms with Crippen LogP contribution in [-0.4, -0.2) is 29.5 Å². The largest absolute Gasteiger partial charge is 0.354 e. The van der Waals surface area contributed by atoms with E-state index in [1.807, 2.05) is 24.3 Å². The summed E-state index contributed by atoms with van der Waals surface area (Å²) in [4.78, 5) is 5.08. The van der Waals surface area contributed by atoms with E-state index in [2.05, 4.69) is 22.5 Å². The maximum Gasteiger partial charge on any atom is 0.191 e. The molecule has 19 heavy (non-hydrogen) atoms. The lowest BCUT2D eigenvalue weighted by molar-refractivity contribution is 0.681. The fraction of sp³-hybridized carbons (Fsp3) is 0.500. The van der Waals surface area contributed by atoms with E-state index in [4.69, 9.17) is 0 Å². The summed E-state index contributed by atoms with van der Waals surface area (Å²) in [5.41, 5.74) is 1.16. The summed E-state index contributed by atoms with van der Waals surface area (Å²) in [5, 5.41) is 6.73. The molecule has 4 nitrogen and oxygen atoms in total. The molecule has 1 aromatic carbocycles. The molecular formula is C14H21N3OS. The second-order valence-electron chi connectivity index (χ2n) is 4.88. The predicted molar refractivity (Wildman–Crippen MR) is 79.8 cm³/mol. The van der Waals surface area contributed by atoms with Crippen molar-refractivity contribution in [1.82, 2.24) is 10.6 Å². The van der Waals surface area contributed by atoms with E-state index < -0.39 is 10.8 Å². The van der Waals surface area contributed by atoms with Crippen molar-refractivity contribution in [1.29, 1.82) is 0 Å². The second kappa shape index (κ2) is 6.19. The van der Waals surface area contributed by atoms with Gasteiger partial charge in [0.05, 0.1) is 6.04 Å². The Morgan fingerprint density at radius 3 is 2.47 bits per heavy atom. The summed E-state index contributed by atoms with van der Waals surface area (Å²) in [6, 6.07) is 8.62. The molecule has 1 aliphatic rings. The van der Waals surface area contributed by atoms with Crippen molar-refractivity contribution in [2.45, 2.75) is 36.7 Å². The Morgan fingerprint density at radius 2 is 2.00 bits per heavy atom. The average Bonchev–Trinajstić information content (AvgIpc) is 3.22. The Hall–Kier alpha value is -1.36. The van der Waals surface area contributed by atoms with Crippen LogP contribution in [0.1, 0.15) is 31.4 Å². The standard InChI is InChI=1S/C14H21N3OS/c1-10(16-14(15-2)17-12-6-7-12)11-4-8-13(9-5-11)19(3)18/h4-5,8-10,12H,6-7H2,1-3H3,(H2,15,16,17). The zero-order chi connectivity index (χ0) is 13.8. The summed E-state index contributed by atoms with van der Waals surface area (Å²) in [5.74, 6) is 0.846. The van der Waals surface area contributed by atoms with Gasteiger partial charge in [-0.1, -0.05) is 12.1 Å². The van der Waals surface area contributed by atoms with Gasteiger partial charge in [0.25, 0.3) is 0 Å². The molecule has 104 valence electrons. The van der Waals surface area contributed by atoms with Crippen LogP contribution >= 0.6 is 0 Å². The molecule has 0 saturated heterocycles. The molecule has 0 amide bonds. The Morgan fingerprint density at radius 1 is 1.37 bits per heavy atom. The van der Waals surface area contributed by atoms with Gasteiger partial charge in [-0.3, -0.25) is 9.20 Å². The summed E-state index contributed by atoms with van der Waals surface area (Å²) in [6.45, 7) is 2.09. The van der Waals surface area contributed by atoms with Gasteiger partial charge in [-0.15, -0.1) is 0 Å². The summed E-state index contributed by atoms with van der Waals surface area (Å²) in [7, 11) is 0.867. The van der Waals surface area contributed by atoms with E-state index in [1.54, 1.807) is 13.3 Å². The van der Waals surface area contributed by atoms with Crippen LogP contribution in [0.25, 0.3) is 0 Å². The quantitative estimate of drug-likeness (QED) is 0.653. The van der Waals surface area contributed by atoms with Crippen molar-refractivity contribution < 1.29 is 4.21 Å². The third-order valence-corrected chi connectivity index (χ3v) is 4.14. The van der Waals surface area contributed by atoms with Crippen LogP contribution in [0.15, 0.2) is 34.2 Å². The SMILES string of the molecule is CN=C(NC1CC1)NC(C)c1ccc(S(C)=O)cc1. The normalized spacial score (nSPS) is 18.8. The first kappa shape index (κ1) is 14.1. The maximum atomic E-state index is 11.3. The number of benzene rings is 1. The number of nitrogens with one attached hydrogen (secondary N) is 2. The van der Waals surface area contributed by atoms with Crippen molar-refractivity contribution in [3.8, 4) is 0 Å². The highest BCUT2D eigenvalue weighted by Gasteiger charge is 2.22. The molecule has 2 rings (SSSR count). The Kier molecular flexibility index (Phi) is 4.58. The summed E-state index contributed by atoms with van der Waals surface area (Å²) < 4.78 is 11.3. The van der Waals surface area contributed by atoms with Gasteiger partial charge in [0, 0.05) is 35.0 Å². The first-order valence-corrected chi connectivity index (χ1v) is 8.09.